The molecule has 1 amide bonds. The van der Waals surface area contributed by atoms with Gasteiger partial charge >= 0.3 is 5.97 Å². The minimum Gasteiger partial charge on any atom is -0.480 e. The van der Waals surface area contributed by atoms with Gasteiger partial charge in [-0.15, -0.1) is 0 Å². The molecule has 1 atom stereocenters. The number of nitrogens with one attached hydrogen (secondary N) is 1. The van der Waals surface area contributed by atoms with Crippen molar-refractivity contribution in [2.75, 3.05) is 0 Å². The monoisotopic (exact) mass is 397 g/mol. The Bertz CT molecular complexity index is 535. The molecule has 1 unspecified atom stereocenters. The summed E-state index contributed by atoms with van der Waals surface area (Å²) in [4.78, 5) is 23.0. The summed E-state index contributed by atoms with van der Waals surface area (Å²) < 4.78 is 26.3. The number of hydrogen-bond acceptors (Lipinski definition) is 2. The van der Waals surface area contributed by atoms with Crippen molar-refractivity contribution in [3.05, 3.63) is 32.9 Å². The zero-order chi connectivity index (χ0) is 15.4. The first-order chi connectivity index (χ1) is 9.22. The number of hydrogen-bond donors (Lipinski definition) is 2. The molecular formula is C13H14F2INO3. The molecule has 0 aliphatic rings. The molecule has 20 heavy (non-hydrogen) atoms. The van der Waals surface area contributed by atoms with Crippen LogP contribution in [0.4, 0.5) is 8.78 Å². The predicted octanol–water partition coefficient (Wildman–Crippen LogP) is 2.80. The second kappa shape index (κ2) is 6.96. The van der Waals surface area contributed by atoms with Gasteiger partial charge in [0.25, 0.3) is 5.91 Å². The van der Waals surface area contributed by atoms with Gasteiger partial charge in [-0.25, -0.2) is 13.6 Å². The zero-order valence-electron chi connectivity index (χ0n) is 10.9. The maximum Gasteiger partial charge on any atom is 0.326 e. The summed E-state index contributed by atoms with van der Waals surface area (Å²) in [6.45, 7) is 3.65. The van der Waals surface area contributed by atoms with E-state index in [-0.39, 0.29) is 21.5 Å². The first-order valence-electron chi connectivity index (χ1n) is 5.90. The highest BCUT2D eigenvalue weighted by Crippen LogP contribution is 2.17. The van der Waals surface area contributed by atoms with E-state index in [2.05, 4.69) is 5.32 Å². The fourth-order valence-electron chi connectivity index (χ4n) is 1.63. The highest BCUT2D eigenvalue weighted by molar-refractivity contribution is 14.1. The van der Waals surface area contributed by atoms with Gasteiger partial charge in [-0.05, 0) is 47.1 Å². The van der Waals surface area contributed by atoms with E-state index in [1.807, 2.05) is 13.8 Å². The fraction of sp³-hybridized carbons (Fsp3) is 0.385. The molecule has 0 radical (unpaired) electrons. The number of carbonyl (C=O) groups is 2. The molecule has 1 aromatic rings. The SMILES string of the molecule is CC(C)CC(NC(=O)c1cc(F)c(F)cc1I)C(=O)O. The maximum atomic E-state index is 13.2. The molecule has 7 heteroatoms. The van der Waals surface area contributed by atoms with E-state index in [0.717, 1.165) is 12.1 Å². The van der Waals surface area contributed by atoms with Crippen LogP contribution in [0.1, 0.15) is 30.6 Å². The zero-order valence-corrected chi connectivity index (χ0v) is 13.1. The maximum absolute atomic E-state index is 13.2. The Morgan fingerprint density at radius 3 is 2.35 bits per heavy atom. The number of amides is 1. The van der Waals surface area contributed by atoms with E-state index in [4.69, 9.17) is 5.11 Å². The lowest BCUT2D eigenvalue weighted by molar-refractivity contribution is -0.139. The molecule has 0 heterocycles. The van der Waals surface area contributed by atoms with Crippen molar-refractivity contribution in [3.63, 3.8) is 0 Å². The van der Waals surface area contributed by atoms with Gasteiger partial charge in [-0.1, -0.05) is 13.8 Å². The summed E-state index contributed by atoms with van der Waals surface area (Å²) in [5.41, 5.74) is -0.0838. The molecule has 0 saturated heterocycles. The van der Waals surface area contributed by atoms with Crippen LogP contribution in [-0.4, -0.2) is 23.0 Å². The van der Waals surface area contributed by atoms with E-state index in [0.29, 0.717) is 0 Å². The highest BCUT2D eigenvalue weighted by atomic mass is 127. The topological polar surface area (TPSA) is 66.4 Å². The van der Waals surface area contributed by atoms with Crippen LogP contribution in [0, 0.1) is 21.1 Å². The van der Waals surface area contributed by atoms with Crippen molar-refractivity contribution in [2.24, 2.45) is 5.92 Å². The second-order valence-corrected chi connectivity index (χ2v) is 5.90. The number of benzene rings is 1. The van der Waals surface area contributed by atoms with Crippen LogP contribution in [0.3, 0.4) is 0 Å². The quantitative estimate of drug-likeness (QED) is 0.593. The van der Waals surface area contributed by atoms with E-state index in [1.165, 1.54) is 0 Å². The summed E-state index contributed by atoms with van der Waals surface area (Å²) >= 11 is 1.69. The largest absolute Gasteiger partial charge is 0.480 e. The summed E-state index contributed by atoms with van der Waals surface area (Å²) in [5, 5.41) is 11.4. The summed E-state index contributed by atoms with van der Waals surface area (Å²) in [6, 6.07) is 0.593. The lowest BCUT2D eigenvalue weighted by Crippen LogP contribution is -2.41. The number of carbonyl (C=O) groups excluding carboxylic acids is 1. The van der Waals surface area contributed by atoms with Gasteiger partial charge in [-0.3, -0.25) is 4.79 Å². The molecular weight excluding hydrogens is 383 g/mol. The Kier molecular flexibility index (Phi) is 5.85. The third-order valence-corrected chi connectivity index (χ3v) is 3.46. The van der Waals surface area contributed by atoms with E-state index >= 15 is 0 Å². The average molecular weight is 397 g/mol. The van der Waals surface area contributed by atoms with Crippen LogP contribution in [0.25, 0.3) is 0 Å². The van der Waals surface area contributed by atoms with E-state index in [9.17, 15) is 18.4 Å². The van der Waals surface area contributed by atoms with Gasteiger partial charge in [0.2, 0.25) is 0 Å². The molecule has 0 aliphatic carbocycles. The van der Waals surface area contributed by atoms with Crippen LogP contribution in [0.15, 0.2) is 12.1 Å². The Hall–Kier alpha value is -1.25. The molecule has 0 saturated carbocycles. The highest BCUT2D eigenvalue weighted by Gasteiger charge is 2.23. The predicted molar refractivity (Wildman–Crippen MR) is 77.4 cm³/mol. The number of carboxylic acid groups (broad SMARTS) is 1. The Balaban J connectivity index is 2.95. The minimum atomic E-state index is -1.16. The van der Waals surface area contributed by atoms with Gasteiger partial charge < -0.3 is 10.4 Å². The number of carboxylic acids is 1. The van der Waals surface area contributed by atoms with Crippen molar-refractivity contribution in [2.45, 2.75) is 26.3 Å². The molecule has 4 nitrogen and oxygen atoms in total. The number of halogens is 3. The molecule has 1 rings (SSSR count). The molecule has 0 aliphatic heterocycles. The van der Waals surface area contributed by atoms with Crippen molar-refractivity contribution in [1.29, 1.82) is 0 Å². The van der Waals surface area contributed by atoms with Crippen molar-refractivity contribution in [3.8, 4) is 0 Å². The molecule has 110 valence electrons. The van der Waals surface area contributed by atoms with Gasteiger partial charge in [0, 0.05) is 3.57 Å². The Labute approximate surface area is 128 Å². The standard InChI is InChI=1S/C13H14F2INO3/c1-6(2)3-11(13(19)20)17-12(18)7-4-8(14)9(15)5-10(7)16/h4-6,11H,3H2,1-2H3,(H,17,18)(H,19,20). The van der Waals surface area contributed by atoms with E-state index < -0.39 is 29.6 Å². The van der Waals surface area contributed by atoms with Gasteiger partial charge in [0.15, 0.2) is 11.6 Å². The first-order valence-corrected chi connectivity index (χ1v) is 6.98. The molecule has 0 fully saturated rings. The van der Waals surface area contributed by atoms with Crippen LogP contribution in [0.2, 0.25) is 0 Å². The molecule has 0 aromatic heterocycles. The average Bonchev–Trinajstić information content (AvgIpc) is 2.32. The normalized spacial score (nSPS) is 12.3. The van der Waals surface area contributed by atoms with Gasteiger partial charge in [0.05, 0.1) is 5.56 Å². The number of rotatable bonds is 5. The van der Waals surface area contributed by atoms with Crippen LogP contribution >= 0.6 is 22.6 Å². The summed E-state index contributed by atoms with van der Waals surface area (Å²) in [7, 11) is 0. The van der Waals surface area contributed by atoms with Crippen LogP contribution in [-0.2, 0) is 4.79 Å². The first kappa shape index (κ1) is 16.8. The van der Waals surface area contributed by atoms with Crippen molar-refractivity contribution in [1.82, 2.24) is 5.32 Å². The van der Waals surface area contributed by atoms with Gasteiger partial charge in [0.1, 0.15) is 6.04 Å². The summed E-state index contributed by atoms with van der Waals surface area (Å²) in [5.74, 6) is -4.03. The van der Waals surface area contributed by atoms with Crippen LogP contribution in [0.5, 0.6) is 0 Å². The molecule has 0 spiro atoms. The lowest BCUT2D eigenvalue weighted by Gasteiger charge is -2.17. The smallest absolute Gasteiger partial charge is 0.326 e. The molecule has 1 aromatic carbocycles. The van der Waals surface area contributed by atoms with Crippen molar-refractivity contribution >= 4 is 34.5 Å². The minimum absolute atomic E-state index is 0.0698. The Morgan fingerprint density at radius 1 is 1.30 bits per heavy atom. The lowest BCUT2D eigenvalue weighted by atomic mass is 10.0. The molecule has 2 N–H and O–H groups in total. The van der Waals surface area contributed by atoms with Crippen LogP contribution < -0.4 is 5.32 Å². The third-order valence-electron chi connectivity index (χ3n) is 2.57. The summed E-state index contributed by atoms with van der Waals surface area (Å²) in [6.07, 6.45) is 0.251. The fourth-order valence-corrected chi connectivity index (χ4v) is 2.30. The van der Waals surface area contributed by atoms with E-state index in [1.54, 1.807) is 22.6 Å². The Morgan fingerprint density at radius 2 is 1.85 bits per heavy atom. The van der Waals surface area contributed by atoms with Crippen molar-refractivity contribution < 1.29 is 23.5 Å². The van der Waals surface area contributed by atoms with Gasteiger partial charge in [-0.2, -0.15) is 0 Å². The number of aliphatic carboxylic acids is 1. The second-order valence-electron chi connectivity index (χ2n) is 4.74. The molecule has 0 bridgehead atoms. The third kappa shape index (κ3) is 4.39.